The zero-order valence-corrected chi connectivity index (χ0v) is 14.6. The lowest BCUT2D eigenvalue weighted by Gasteiger charge is -2.13. The fraction of sp³-hybridized carbons (Fsp3) is 0.333. The average Bonchev–Trinajstić information content (AvgIpc) is 2.96. The van der Waals surface area contributed by atoms with Crippen LogP contribution in [0, 0.1) is 0 Å². The van der Waals surface area contributed by atoms with Crippen molar-refractivity contribution in [2.24, 2.45) is 0 Å². The molecular weight excluding hydrogens is 358 g/mol. The van der Waals surface area contributed by atoms with Crippen molar-refractivity contribution in [3.05, 3.63) is 34.7 Å². The third-order valence-electron chi connectivity index (χ3n) is 3.89. The summed E-state index contributed by atoms with van der Waals surface area (Å²) in [7, 11) is 1.45. The van der Waals surface area contributed by atoms with Gasteiger partial charge in [-0.3, -0.25) is 9.59 Å². The zero-order valence-electron chi connectivity index (χ0n) is 14.6. The van der Waals surface area contributed by atoms with Crippen molar-refractivity contribution < 1.29 is 33.1 Å². The highest BCUT2D eigenvalue weighted by Gasteiger charge is 2.32. The molecule has 2 heterocycles. The number of ether oxygens (including phenoxy) is 2. The Hall–Kier alpha value is -3.36. The second kappa shape index (κ2) is 7.90. The van der Waals surface area contributed by atoms with Gasteiger partial charge in [0.2, 0.25) is 0 Å². The Bertz CT molecular complexity index is 932. The van der Waals surface area contributed by atoms with Crippen LogP contribution < -0.4 is 15.1 Å². The molecule has 1 aliphatic rings. The Morgan fingerprint density at radius 1 is 1.11 bits per heavy atom. The molecule has 1 fully saturated rings. The number of rotatable bonds is 7. The molecule has 1 aromatic heterocycles. The SMILES string of the molecule is COc1cc2oc(=O)ccc2cc1OCCCC(=O)ON1C(=O)CCC1=O. The predicted octanol–water partition coefficient (Wildman–Crippen LogP) is 1.57. The number of carbonyl (C=O) groups excluding carboxylic acids is 3. The van der Waals surface area contributed by atoms with Gasteiger partial charge < -0.3 is 18.7 Å². The van der Waals surface area contributed by atoms with Gasteiger partial charge in [0.25, 0.3) is 11.8 Å². The number of nitrogens with zero attached hydrogens (tertiary/aromatic N) is 1. The van der Waals surface area contributed by atoms with Crippen LogP contribution >= 0.6 is 0 Å². The second-order valence-electron chi connectivity index (χ2n) is 5.79. The molecule has 27 heavy (non-hydrogen) atoms. The van der Waals surface area contributed by atoms with E-state index in [1.54, 1.807) is 18.2 Å². The van der Waals surface area contributed by atoms with Gasteiger partial charge in [0, 0.05) is 30.4 Å². The minimum absolute atomic E-state index is 0.0260. The van der Waals surface area contributed by atoms with Crippen molar-refractivity contribution in [1.29, 1.82) is 0 Å². The molecule has 0 bridgehead atoms. The molecule has 0 saturated carbocycles. The second-order valence-corrected chi connectivity index (χ2v) is 5.79. The van der Waals surface area contributed by atoms with E-state index in [4.69, 9.17) is 18.7 Å². The van der Waals surface area contributed by atoms with Crippen LogP contribution in [-0.2, 0) is 19.2 Å². The van der Waals surface area contributed by atoms with Crippen LogP contribution in [0.4, 0.5) is 0 Å². The van der Waals surface area contributed by atoms with Crippen LogP contribution in [-0.4, -0.2) is 36.6 Å². The first-order chi connectivity index (χ1) is 13.0. The molecule has 0 unspecified atom stereocenters. The van der Waals surface area contributed by atoms with Crippen LogP contribution in [0.1, 0.15) is 25.7 Å². The molecule has 0 N–H and O–H groups in total. The van der Waals surface area contributed by atoms with Crippen LogP contribution in [0.15, 0.2) is 33.5 Å². The van der Waals surface area contributed by atoms with Crippen molar-refractivity contribution in [1.82, 2.24) is 5.06 Å². The van der Waals surface area contributed by atoms with Gasteiger partial charge >= 0.3 is 11.6 Å². The fourth-order valence-corrected chi connectivity index (χ4v) is 2.55. The summed E-state index contributed by atoms with van der Waals surface area (Å²) in [6, 6.07) is 6.12. The van der Waals surface area contributed by atoms with Crippen LogP contribution in [0.2, 0.25) is 0 Å². The van der Waals surface area contributed by atoms with E-state index in [1.165, 1.54) is 13.2 Å². The number of benzene rings is 1. The van der Waals surface area contributed by atoms with Crippen molar-refractivity contribution in [2.45, 2.75) is 25.7 Å². The molecule has 2 aromatic rings. The Labute approximate surface area is 153 Å². The molecule has 1 aliphatic heterocycles. The minimum Gasteiger partial charge on any atom is -0.493 e. The summed E-state index contributed by atoms with van der Waals surface area (Å²) in [4.78, 5) is 50.6. The molecule has 1 saturated heterocycles. The molecule has 0 aliphatic carbocycles. The van der Waals surface area contributed by atoms with E-state index in [2.05, 4.69) is 0 Å². The minimum atomic E-state index is -0.686. The lowest BCUT2D eigenvalue weighted by atomic mass is 10.2. The maximum absolute atomic E-state index is 11.7. The normalized spacial score (nSPS) is 13.9. The number of hydrogen-bond donors (Lipinski definition) is 0. The topological polar surface area (TPSA) is 112 Å². The zero-order chi connectivity index (χ0) is 19.4. The molecule has 1 aromatic carbocycles. The summed E-state index contributed by atoms with van der Waals surface area (Å²) in [6.07, 6.45) is 0.385. The summed E-state index contributed by atoms with van der Waals surface area (Å²) in [5, 5.41) is 1.18. The van der Waals surface area contributed by atoms with Crippen molar-refractivity contribution in [3.8, 4) is 11.5 Å². The Kier molecular flexibility index (Phi) is 5.39. The average molecular weight is 375 g/mol. The first-order valence-electron chi connectivity index (χ1n) is 8.29. The summed E-state index contributed by atoms with van der Waals surface area (Å²) in [6.45, 7) is 0.176. The molecule has 0 spiro atoms. The van der Waals surface area contributed by atoms with E-state index in [-0.39, 0.29) is 25.9 Å². The van der Waals surface area contributed by atoms with E-state index in [0.29, 0.717) is 34.0 Å². The summed E-state index contributed by atoms with van der Waals surface area (Å²) in [5.74, 6) is -0.909. The van der Waals surface area contributed by atoms with Gasteiger partial charge in [-0.1, -0.05) is 0 Å². The van der Waals surface area contributed by atoms with Gasteiger partial charge in [0.05, 0.1) is 20.1 Å². The fourth-order valence-electron chi connectivity index (χ4n) is 2.55. The number of methoxy groups -OCH3 is 1. The third-order valence-corrected chi connectivity index (χ3v) is 3.89. The molecule has 0 radical (unpaired) electrons. The van der Waals surface area contributed by atoms with E-state index < -0.39 is 23.4 Å². The van der Waals surface area contributed by atoms with Gasteiger partial charge in [0.15, 0.2) is 11.5 Å². The van der Waals surface area contributed by atoms with E-state index in [9.17, 15) is 19.2 Å². The molecule has 0 atom stereocenters. The summed E-state index contributed by atoms with van der Waals surface area (Å²) >= 11 is 0. The van der Waals surface area contributed by atoms with Crippen molar-refractivity contribution in [2.75, 3.05) is 13.7 Å². The maximum Gasteiger partial charge on any atom is 0.336 e. The number of fused-ring (bicyclic) bond motifs is 1. The van der Waals surface area contributed by atoms with Gasteiger partial charge in [0.1, 0.15) is 5.58 Å². The van der Waals surface area contributed by atoms with Gasteiger partial charge in [-0.2, -0.15) is 0 Å². The van der Waals surface area contributed by atoms with Gasteiger partial charge in [-0.15, -0.1) is 5.06 Å². The Morgan fingerprint density at radius 3 is 2.56 bits per heavy atom. The number of hydrogen-bond acceptors (Lipinski definition) is 8. The first-order valence-corrected chi connectivity index (χ1v) is 8.29. The van der Waals surface area contributed by atoms with E-state index in [1.807, 2.05) is 0 Å². The predicted molar refractivity (Wildman–Crippen MR) is 90.9 cm³/mol. The molecule has 9 heteroatoms. The molecule has 142 valence electrons. The Morgan fingerprint density at radius 2 is 1.85 bits per heavy atom. The standard InChI is InChI=1S/C18H17NO8/c1-24-13-10-12-11(4-7-17(22)26-12)9-14(13)25-8-2-3-18(23)27-19-15(20)5-6-16(19)21/h4,7,9-10H,2-3,5-6,8H2,1H3. The highest BCUT2D eigenvalue weighted by atomic mass is 16.7. The smallest absolute Gasteiger partial charge is 0.336 e. The molecule has 3 rings (SSSR count). The van der Waals surface area contributed by atoms with E-state index >= 15 is 0 Å². The largest absolute Gasteiger partial charge is 0.493 e. The number of amides is 2. The highest BCUT2D eigenvalue weighted by molar-refractivity contribution is 6.01. The highest BCUT2D eigenvalue weighted by Crippen LogP contribution is 2.32. The number of hydroxylamine groups is 2. The van der Waals surface area contributed by atoms with E-state index in [0.717, 1.165) is 0 Å². The Balaban J connectivity index is 1.55. The van der Waals surface area contributed by atoms with Gasteiger partial charge in [-0.25, -0.2) is 9.59 Å². The van der Waals surface area contributed by atoms with Crippen molar-refractivity contribution in [3.63, 3.8) is 0 Å². The summed E-state index contributed by atoms with van der Waals surface area (Å²) < 4.78 is 15.9. The number of imide groups is 1. The summed E-state index contributed by atoms with van der Waals surface area (Å²) in [5.41, 5.74) is -0.0954. The first kappa shape index (κ1) is 18.4. The van der Waals surface area contributed by atoms with Crippen LogP contribution in [0.25, 0.3) is 11.0 Å². The molecular formula is C18H17NO8. The van der Waals surface area contributed by atoms with Gasteiger partial charge in [-0.05, 0) is 18.6 Å². The molecule has 2 amide bonds. The third kappa shape index (κ3) is 4.25. The molecule has 9 nitrogen and oxygen atoms in total. The maximum atomic E-state index is 11.7. The lowest BCUT2D eigenvalue weighted by molar-refractivity contribution is -0.197. The van der Waals surface area contributed by atoms with Crippen LogP contribution in [0.3, 0.4) is 0 Å². The number of carbonyl (C=O) groups is 3. The van der Waals surface area contributed by atoms with Crippen LogP contribution in [0.5, 0.6) is 11.5 Å². The monoisotopic (exact) mass is 375 g/mol. The lowest BCUT2D eigenvalue weighted by Crippen LogP contribution is -2.32. The quantitative estimate of drug-likeness (QED) is 0.407. The van der Waals surface area contributed by atoms with Crippen molar-refractivity contribution >= 4 is 28.8 Å².